The summed E-state index contributed by atoms with van der Waals surface area (Å²) in [6.07, 6.45) is 4.62. The third-order valence-corrected chi connectivity index (χ3v) is 4.12. The Morgan fingerprint density at radius 2 is 2.25 bits per heavy atom. The molecule has 112 valence electrons. The molecule has 20 heavy (non-hydrogen) atoms. The van der Waals surface area contributed by atoms with Crippen LogP contribution in [-0.4, -0.2) is 47.3 Å². The zero-order valence-electron chi connectivity index (χ0n) is 12.1. The highest BCUT2D eigenvalue weighted by Crippen LogP contribution is 2.15. The number of halogens is 1. The van der Waals surface area contributed by atoms with E-state index in [1.165, 1.54) is 5.56 Å². The van der Waals surface area contributed by atoms with Crippen molar-refractivity contribution in [1.29, 1.82) is 0 Å². The lowest BCUT2D eigenvalue weighted by molar-refractivity contribution is 0.0820. The first-order valence-electron chi connectivity index (χ1n) is 7.40. The molecule has 1 atom stereocenters. The summed E-state index contributed by atoms with van der Waals surface area (Å²) in [5.41, 5.74) is 1.17. The highest BCUT2D eigenvalue weighted by Gasteiger charge is 2.16. The maximum atomic E-state index is 9.46. The van der Waals surface area contributed by atoms with E-state index in [1.54, 1.807) is 6.20 Å². The van der Waals surface area contributed by atoms with Crippen LogP contribution in [0.4, 0.5) is 0 Å². The summed E-state index contributed by atoms with van der Waals surface area (Å²) in [7, 11) is 0. The second-order valence-corrected chi connectivity index (χ2v) is 5.90. The van der Waals surface area contributed by atoms with Gasteiger partial charge in [-0.05, 0) is 57.0 Å². The summed E-state index contributed by atoms with van der Waals surface area (Å²) < 4.78 is 0. The molecule has 0 saturated carbocycles. The molecule has 1 saturated heterocycles. The van der Waals surface area contributed by atoms with Gasteiger partial charge in [-0.15, -0.1) is 0 Å². The van der Waals surface area contributed by atoms with E-state index in [-0.39, 0.29) is 6.10 Å². The van der Waals surface area contributed by atoms with Gasteiger partial charge in [0.1, 0.15) is 5.15 Å². The van der Waals surface area contributed by atoms with Crippen molar-refractivity contribution < 1.29 is 5.11 Å². The van der Waals surface area contributed by atoms with E-state index in [4.69, 9.17) is 11.6 Å². The maximum Gasteiger partial charge on any atom is 0.129 e. The van der Waals surface area contributed by atoms with Crippen LogP contribution in [0.25, 0.3) is 0 Å². The van der Waals surface area contributed by atoms with Crippen LogP contribution in [-0.2, 0) is 0 Å². The van der Waals surface area contributed by atoms with Crippen LogP contribution in [0.3, 0.4) is 0 Å². The Balaban J connectivity index is 1.63. The van der Waals surface area contributed by atoms with Crippen molar-refractivity contribution in [2.45, 2.75) is 38.3 Å². The van der Waals surface area contributed by atoms with Gasteiger partial charge in [-0.2, -0.15) is 0 Å². The van der Waals surface area contributed by atoms with Gasteiger partial charge in [0.2, 0.25) is 0 Å². The molecule has 2 N–H and O–H groups in total. The topological polar surface area (TPSA) is 48.4 Å². The molecule has 4 nitrogen and oxygen atoms in total. The summed E-state index contributed by atoms with van der Waals surface area (Å²) in [6, 6.07) is 4.19. The molecule has 2 rings (SSSR count). The van der Waals surface area contributed by atoms with Crippen molar-refractivity contribution >= 4 is 11.6 Å². The van der Waals surface area contributed by atoms with Crippen molar-refractivity contribution in [2.75, 3.05) is 26.2 Å². The Labute approximate surface area is 126 Å². The van der Waals surface area contributed by atoms with E-state index in [0.29, 0.717) is 11.2 Å². The van der Waals surface area contributed by atoms with Gasteiger partial charge in [-0.3, -0.25) is 0 Å². The number of aromatic nitrogens is 1. The van der Waals surface area contributed by atoms with Gasteiger partial charge in [0.25, 0.3) is 0 Å². The van der Waals surface area contributed by atoms with Crippen molar-refractivity contribution in [3.8, 4) is 0 Å². The molecule has 2 heterocycles. The molecule has 5 heteroatoms. The molecule has 1 unspecified atom stereocenters. The highest BCUT2D eigenvalue weighted by atomic mass is 35.5. The smallest absolute Gasteiger partial charge is 0.129 e. The molecule has 0 aromatic carbocycles. The summed E-state index contributed by atoms with van der Waals surface area (Å²) >= 11 is 5.90. The number of aliphatic hydroxyl groups is 1. The minimum Gasteiger partial charge on any atom is -0.393 e. The first-order valence-corrected chi connectivity index (χ1v) is 7.78. The van der Waals surface area contributed by atoms with Gasteiger partial charge in [0.05, 0.1) is 6.10 Å². The molecule has 0 amide bonds. The SMILES string of the molecule is CC(NCCCN1CCC(O)CC1)c1ccnc(Cl)c1. The van der Waals surface area contributed by atoms with Gasteiger partial charge >= 0.3 is 0 Å². The van der Waals surface area contributed by atoms with Crippen LogP contribution in [0, 0.1) is 0 Å². The minimum atomic E-state index is -0.0826. The van der Waals surface area contributed by atoms with Gasteiger partial charge < -0.3 is 15.3 Å². The monoisotopic (exact) mass is 297 g/mol. The number of nitrogens with one attached hydrogen (secondary N) is 1. The number of hydrogen-bond acceptors (Lipinski definition) is 4. The summed E-state index contributed by atoms with van der Waals surface area (Å²) in [5, 5.41) is 13.5. The molecular formula is C15H24ClN3O. The number of hydrogen-bond donors (Lipinski definition) is 2. The Hall–Kier alpha value is -0.680. The predicted octanol–water partition coefficient (Wildman–Crippen LogP) is 2.23. The molecule has 0 bridgehead atoms. The molecule has 1 aliphatic heterocycles. The molecular weight excluding hydrogens is 274 g/mol. The largest absolute Gasteiger partial charge is 0.393 e. The van der Waals surface area contributed by atoms with Gasteiger partial charge in [-0.25, -0.2) is 4.98 Å². The molecule has 0 aliphatic carbocycles. The van der Waals surface area contributed by atoms with E-state index in [9.17, 15) is 5.11 Å². The number of nitrogens with zero attached hydrogens (tertiary/aromatic N) is 2. The van der Waals surface area contributed by atoms with Crippen LogP contribution in [0.5, 0.6) is 0 Å². The van der Waals surface area contributed by atoms with Crippen molar-refractivity contribution in [3.63, 3.8) is 0 Å². The number of pyridine rings is 1. The molecule has 1 fully saturated rings. The third kappa shape index (κ3) is 5.02. The second-order valence-electron chi connectivity index (χ2n) is 5.51. The van der Waals surface area contributed by atoms with E-state index >= 15 is 0 Å². The summed E-state index contributed by atoms with van der Waals surface area (Å²) in [6.45, 7) is 6.28. The summed E-state index contributed by atoms with van der Waals surface area (Å²) in [4.78, 5) is 6.43. The number of aliphatic hydroxyl groups excluding tert-OH is 1. The van der Waals surface area contributed by atoms with Crippen LogP contribution >= 0.6 is 11.6 Å². The standard InChI is InChI=1S/C15H24ClN3O/c1-12(13-3-7-18-15(16)11-13)17-6-2-8-19-9-4-14(20)5-10-19/h3,7,11-12,14,17,20H,2,4-6,8-10H2,1H3. The normalized spacial score (nSPS) is 19.1. The zero-order chi connectivity index (χ0) is 14.4. The predicted molar refractivity (Wildman–Crippen MR) is 82.0 cm³/mol. The van der Waals surface area contributed by atoms with Gasteiger partial charge in [0, 0.05) is 25.3 Å². The van der Waals surface area contributed by atoms with Crippen LogP contribution in [0.2, 0.25) is 5.15 Å². The van der Waals surface area contributed by atoms with Crippen LogP contribution < -0.4 is 5.32 Å². The first-order chi connectivity index (χ1) is 9.65. The molecule has 0 spiro atoms. The van der Waals surface area contributed by atoms with E-state index in [2.05, 4.69) is 22.1 Å². The van der Waals surface area contributed by atoms with Crippen molar-refractivity contribution in [3.05, 3.63) is 29.0 Å². The van der Waals surface area contributed by atoms with Gasteiger partial charge in [-0.1, -0.05) is 11.6 Å². The van der Waals surface area contributed by atoms with E-state index < -0.39 is 0 Å². The molecule has 1 aromatic heterocycles. The quantitative estimate of drug-likeness (QED) is 0.624. The Morgan fingerprint density at radius 3 is 2.95 bits per heavy atom. The average Bonchev–Trinajstić information content (AvgIpc) is 2.45. The van der Waals surface area contributed by atoms with Crippen molar-refractivity contribution in [1.82, 2.24) is 15.2 Å². The lowest BCUT2D eigenvalue weighted by Gasteiger charge is -2.29. The fourth-order valence-electron chi connectivity index (χ4n) is 2.57. The van der Waals surface area contributed by atoms with E-state index in [1.807, 2.05) is 12.1 Å². The summed E-state index contributed by atoms with van der Waals surface area (Å²) in [5.74, 6) is 0. The third-order valence-electron chi connectivity index (χ3n) is 3.91. The fraction of sp³-hybridized carbons (Fsp3) is 0.667. The number of rotatable bonds is 6. The zero-order valence-corrected chi connectivity index (χ0v) is 12.8. The lowest BCUT2D eigenvalue weighted by atomic mass is 10.1. The molecule has 1 aliphatic rings. The Kier molecular flexibility index (Phi) is 6.23. The van der Waals surface area contributed by atoms with Crippen LogP contribution in [0.1, 0.15) is 37.8 Å². The number of piperidine rings is 1. The highest BCUT2D eigenvalue weighted by molar-refractivity contribution is 6.29. The van der Waals surface area contributed by atoms with Gasteiger partial charge in [0.15, 0.2) is 0 Å². The van der Waals surface area contributed by atoms with Crippen LogP contribution in [0.15, 0.2) is 18.3 Å². The average molecular weight is 298 g/mol. The van der Waals surface area contributed by atoms with E-state index in [0.717, 1.165) is 45.4 Å². The maximum absolute atomic E-state index is 9.46. The molecule has 0 radical (unpaired) electrons. The fourth-order valence-corrected chi connectivity index (χ4v) is 2.75. The lowest BCUT2D eigenvalue weighted by Crippen LogP contribution is -2.37. The Bertz CT molecular complexity index is 408. The number of likely N-dealkylation sites (tertiary alicyclic amines) is 1. The minimum absolute atomic E-state index is 0.0826. The Morgan fingerprint density at radius 1 is 1.50 bits per heavy atom. The first kappa shape index (κ1) is 15.7. The van der Waals surface area contributed by atoms with Crippen molar-refractivity contribution in [2.24, 2.45) is 0 Å². The second kappa shape index (κ2) is 7.93. The molecule has 1 aromatic rings.